The maximum Gasteiger partial charge on any atom is 0.416 e. The summed E-state index contributed by atoms with van der Waals surface area (Å²) in [6, 6.07) is 20.9. The molecule has 3 heterocycles. The lowest BCUT2D eigenvalue weighted by Crippen LogP contribution is -2.47. The lowest BCUT2D eigenvalue weighted by molar-refractivity contribution is -0.137. The first-order valence-corrected chi connectivity index (χ1v) is 14.1. The molecule has 214 valence electrons. The van der Waals surface area contributed by atoms with Crippen molar-refractivity contribution in [3.8, 4) is 5.75 Å². The van der Waals surface area contributed by atoms with E-state index in [-0.39, 0.29) is 5.75 Å². The van der Waals surface area contributed by atoms with Gasteiger partial charge in [0.25, 0.3) is 0 Å². The van der Waals surface area contributed by atoms with Crippen molar-refractivity contribution in [1.82, 2.24) is 14.8 Å². The number of alkyl halides is 3. The van der Waals surface area contributed by atoms with Gasteiger partial charge in [-0.1, -0.05) is 36.4 Å². The van der Waals surface area contributed by atoms with Crippen molar-refractivity contribution < 1.29 is 17.9 Å². The van der Waals surface area contributed by atoms with Crippen molar-refractivity contribution in [3.63, 3.8) is 0 Å². The number of nitrogens with zero attached hydrogens (tertiary/aromatic N) is 3. The Morgan fingerprint density at radius 1 is 0.902 bits per heavy atom. The van der Waals surface area contributed by atoms with Gasteiger partial charge in [-0.15, -0.1) is 0 Å². The van der Waals surface area contributed by atoms with E-state index in [0.717, 1.165) is 54.8 Å². The molecule has 5 nitrogen and oxygen atoms in total. The second-order valence-corrected chi connectivity index (χ2v) is 11.4. The number of hydrogen-bond acceptors (Lipinski definition) is 5. The third kappa shape index (κ3) is 6.04. The van der Waals surface area contributed by atoms with E-state index in [1.165, 1.54) is 16.7 Å². The zero-order valence-electron chi connectivity index (χ0n) is 23.6. The zero-order valence-corrected chi connectivity index (χ0v) is 23.6. The first-order valence-electron chi connectivity index (χ1n) is 14.1. The van der Waals surface area contributed by atoms with E-state index in [4.69, 9.17) is 4.74 Å². The summed E-state index contributed by atoms with van der Waals surface area (Å²) < 4.78 is 47.3. The highest BCUT2D eigenvalue weighted by atomic mass is 19.4. The van der Waals surface area contributed by atoms with E-state index in [1.807, 2.05) is 37.3 Å². The molecule has 6 rings (SSSR count). The van der Waals surface area contributed by atoms with E-state index in [9.17, 15) is 13.2 Å². The summed E-state index contributed by atoms with van der Waals surface area (Å²) >= 11 is 0. The summed E-state index contributed by atoms with van der Waals surface area (Å²) in [5.74, 6) is 0.207. The van der Waals surface area contributed by atoms with Gasteiger partial charge in [0.15, 0.2) is 0 Å². The Bertz CT molecular complexity index is 1570. The summed E-state index contributed by atoms with van der Waals surface area (Å²) in [6.45, 7) is 10.1. The molecule has 2 unspecified atom stereocenters. The van der Waals surface area contributed by atoms with Crippen LogP contribution in [0.5, 0.6) is 5.75 Å². The van der Waals surface area contributed by atoms with Gasteiger partial charge in [0.1, 0.15) is 12.4 Å². The second-order valence-electron chi connectivity index (χ2n) is 11.4. The van der Waals surface area contributed by atoms with Crippen molar-refractivity contribution in [2.45, 2.75) is 52.0 Å². The Morgan fingerprint density at radius 3 is 2.44 bits per heavy atom. The Hall–Kier alpha value is -3.62. The number of ether oxygens (including phenoxy) is 1. The van der Waals surface area contributed by atoms with Crippen LogP contribution in [-0.4, -0.2) is 53.1 Å². The Labute approximate surface area is 238 Å². The first-order chi connectivity index (χ1) is 19.6. The molecule has 0 spiro atoms. The molecular formula is C33H35F3N4O. The smallest absolute Gasteiger partial charge is 0.416 e. The molecule has 1 aromatic heterocycles. The number of piperazine rings is 1. The number of fused-ring (bicyclic) bond motifs is 3. The minimum absolute atomic E-state index is 0.207. The summed E-state index contributed by atoms with van der Waals surface area (Å²) in [5, 5.41) is 4.03. The number of pyridine rings is 1. The van der Waals surface area contributed by atoms with Crippen molar-refractivity contribution in [1.29, 1.82) is 0 Å². The predicted octanol–water partition coefficient (Wildman–Crippen LogP) is 7.26. The molecule has 4 aromatic rings. The Kier molecular flexibility index (Phi) is 7.38. The van der Waals surface area contributed by atoms with E-state index in [1.54, 1.807) is 6.07 Å². The SMILES string of the molecule is Cc1cc(Nc2cc(OCCN3CC4CC3CN4Cc3ccc(C)c(C)c3)cc(C(F)(F)F)c2)c2ccccc2n1. The number of hydrogen-bond donors (Lipinski definition) is 1. The maximum absolute atomic E-state index is 13.8. The molecule has 3 aromatic carbocycles. The molecule has 0 saturated carbocycles. The summed E-state index contributed by atoms with van der Waals surface area (Å²) in [5.41, 5.74) is 5.84. The minimum Gasteiger partial charge on any atom is -0.492 e. The highest BCUT2D eigenvalue weighted by Gasteiger charge is 2.42. The number of likely N-dealkylation sites (tertiary alicyclic amines) is 2. The van der Waals surface area contributed by atoms with Crippen LogP contribution >= 0.6 is 0 Å². The summed E-state index contributed by atoms with van der Waals surface area (Å²) in [4.78, 5) is 9.50. The van der Waals surface area contributed by atoms with Crippen LogP contribution in [0, 0.1) is 20.8 Å². The fourth-order valence-electron chi connectivity index (χ4n) is 6.20. The van der Waals surface area contributed by atoms with Crippen molar-refractivity contribution in [2.75, 3.05) is 31.6 Å². The molecule has 2 aliphatic rings. The van der Waals surface area contributed by atoms with Gasteiger partial charge < -0.3 is 10.1 Å². The standard InChI is InChI=1S/C33H35F3N4O/c1-21-8-9-24(12-22(21)2)18-40-20-27-17-28(40)19-39(27)10-11-41-29-15-25(33(34,35)36)14-26(16-29)38-32-13-23(3)37-31-7-5-4-6-30(31)32/h4-9,12-16,27-28H,10-11,17-20H2,1-3H3,(H,37,38). The number of halogens is 3. The first kappa shape index (κ1) is 27.5. The number of rotatable bonds is 8. The fraction of sp³-hybridized carbons (Fsp3) is 0.364. The van der Waals surface area contributed by atoms with Gasteiger partial charge in [-0.3, -0.25) is 14.8 Å². The maximum atomic E-state index is 13.8. The number of benzene rings is 3. The van der Waals surface area contributed by atoms with Crippen LogP contribution in [0.4, 0.5) is 24.5 Å². The Balaban J connectivity index is 1.10. The van der Waals surface area contributed by atoms with Crippen LogP contribution in [0.3, 0.4) is 0 Å². The lowest BCUT2D eigenvalue weighted by Gasteiger charge is -2.34. The van der Waals surface area contributed by atoms with E-state index in [0.29, 0.717) is 36.6 Å². The highest BCUT2D eigenvalue weighted by molar-refractivity contribution is 5.93. The summed E-state index contributed by atoms with van der Waals surface area (Å²) in [7, 11) is 0. The molecule has 0 aliphatic carbocycles. The average Bonchev–Trinajstić information content (AvgIpc) is 3.50. The van der Waals surface area contributed by atoms with Gasteiger partial charge in [0.2, 0.25) is 0 Å². The third-order valence-electron chi connectivity index (χ3n) is 8.43. The zero-order chi connectivity index (χ0) is 28.7. The quantitative estimate of drug-likeness (QED) is 0.246. The van der Waals surface area contributed by atoms with Gasteiger partial charge in [0.05, 0.1) is 11.1 Å². The highest BCUT2D eigenvalue weighted by Crippen LogP contribution is 2.36. The van der Waals surface area contributed by atoms with Crippen LogP contribution < -0.4 is 10.1 Å². The molecule has 41 heavy (non-hydrogen) atoms. The molecule has 2 atom stereocenters. The predicted molar refractivity (Wildman–Crippen MR) is 157 cm³/mol. The van der Waals surface area contributed by atoms with Crippen LogP contribution in [0.1, 0.15) is 34.4 Å². The van der Waals surface area contributed by atoms with Gasteiger partial charge in [-0.05, 0) is 68.1 Å². The molecular weight excluding hydrogens is 525 g/mol. The van der Waals surface area contributed by atoms with Crippen LogP contribution in [0.25, 0.3) is 10.9 Å². The van der Waals surface area contributed by atoms with Crippen molar-refractivity contribution >= 4 is 22.3 Å². The van der Waals surface area contributed by atoms with Crippen molar-refractivity contribution in [2.24, 2.45) is 0 Å². The number of aromatic nitrogens is 1. The molecule has 2 fully saturated rings. The molecule has 2 saturated heterocycles. The molecule has 1 N–H and O–H groups in total. The number of aryl methyl sites for hydroxylation is 3. The molecule has 0 amide bonds. The summed E-state index contributed by atoms with van der Waals surface area (Å²) in [6.07, 6.45) is -3.36. The van der Waals surface area contributed by atoms with E-state index in [2.05, 4.69) is 52.1 Å². The van der Waals surface area contributed by atoms with Crippen LogP contribution in [0.15, 0.2) is 66.7 Å². The second kappa shape index (κ2) is 11.0. The number of nitrogens with one attached hydrogen (secondary N) is 1. The topological polar surface area (TPSA) is 40.6 Å². The van der Waals surface area contributed by atoms with Gasteiger partial charge >= 0.3 is 6.18 Å². The van der Waals surface area contributed by atoms with Crippen LogP contribution in [0.2, 0.25) is 0 Å². The van der Waals surface area contributed by atoms with E-state index < -0.39 is 11.7 Å². The third-order valence-corrected chi connectivity index (χ3v) is 8.43. The Morgan fingerprint density at radius 2 is 1.68 bits per heavy atom. The lowest BCUT2D eigenvalue weighted by atomic mass is 10.1. The molecule has 2 aliphatic heterocycles. The number of para-hydroxylation sites is 1. The number of anilines is 2. The molecule has 0 radical (unpaired) electrons. The average molecular weight is 561 g/mol. The largest absolute Gasteiger partial charge is 0.492 e. The van der Waals surface area contributed by atoms with Crippen LogP contribution in [-0.2, 0) is 12.7 Å². The van der Waals surface area contributed by atoms with E-state index >= 15 is 0 Å². The molecule has 8 heteroatoms. The van der Waals surface area contributed by atoms with Gasteiger partial charge in [-0.25, -0.2) is 0 Å². The van der Waals surface area contributed by atoms with Gasteiger partial charge in [-0.2, -0.15) is 13.2 Å². The molecule has 2 bridgehead atoms. The van der Waals surface area contributed by atoms with Crippen molar-refractivity contribution in [3.05, 3.63) is 94.7 Å². The minimum atomic E-state index is -4.49. The fourth-order valence-corrected chi connectivity index (χ4v) is 6.20. The van der Waals surface area contributed by atoms with Gasteiger partial charge in [0, 0.05) is 66.8 Å². The monoisotopic (exact) mass is 560 g/mol. The normalized spacial score (nSPS) is 19.3.